The molecule has 0 saturated heterocycles. The molecule has 0 aromatic rings. The molecule has 0 heterocycles. The molecule has 7 heteroatoms. The molecule has 0 aliphatic carbocycles. The van der Waals surface area contributed by atoms with Gasteiger partial charge in [0.15, 0.2) is 0 Å². The first-order valence-electron chi connectivity index (χ1n) is 0.698. The molecule has 0 amide bonds. The van der Waals surface area contributed by atoms with E-state index in [-0.39, 0.29) is 32.8 Å². The van der Waals surface area contributed by atoms with Crippen LogP contribution in [-0.4, -0.2) is 50.3 Å². The first kappa shape index (κ1) is 15.7. The maximum Gasteiger partial charge on any atom is 0.394 e. The van der Waals surface area contributed by atoms with Crippen molar-refractivity contribution in [3.8, 4) is 0 Å². The van der Waals surface area contributed by atoms with Gasteiger partial charge >= 0.3 is 10.4 Å². The standard InChI is InChI=1S/H2O4S.H2O.Pb/c1-5(2,3)4;;/h(H2,1,2,3,4);1H2;. The Morgan fingerprint density at radius 1 is 1.14 bits per heavy atom. The Bertz CT molecular complexity index is 91.2. The first-order valence-corrected chi connectivity index (χ1v) is 2.10. The van der Waals surface area contributed by atoms with E-state index in [1.165, 1.54) is 0 Å². The minimum Gasteiger partial charge on any atom is -0.412 e. The molecule has 0 aromatic carbocycles. The maximum atomic E-state index is 8.74. The van der Waals surface area contributed by atoms with Crippen molar-refractivity contribution in [1.82, 2.24) is 0 Å². The van der Waals surface area contributed by atoms with Crippen molar-refractivity contribution in [3.63, 3.8) is 0 Å². The average molecular weight is 323 g/mol. The summed E-state index contributed by atoms with van der Waals surface area (Å²) in [6.07, 6.45) is 0. The van der Waals surface area contributed by atoms with Gasteiger partial charge in [-0.25, -0.2) is 0 Å². The van der Waals surface area contributed by atoms with Crippen molar-refractivity contribution in [2.45, 2.75) is 0 Å². The predicted octanol–water partition coefficient (Wildman–Crippen LogP) is -1.86. The van der Waals surface area contributed by atoms with Crippen LogP contribution in [0.15, 0.2) is 0 Å². The van der Waals surface area contributed by atoms with Gasteiger partial charge in [0, 0.05) is 27.3 Å². The second kappa shape index (κ2) is 4.90. The maximum absolute atomic E-state index is 8.74. The van der Waals surface area contributed by atoms with Crippen LogP contribution in [0.1, 0.15) is 0 Å². The molecule has 0 atom stereocenters. The van der Waals surface area contributed by atoms with E-state index in [9.17, 15) is 0 Å². The van der Waals surface area contributed by atoms with Gasteiger partial charge in [0.25, 0.3) is 0 Å². The molecule has 7 heavy (non-hydrogen) atoms. The third kappa shape index (κ3) is 270. The summed E-state index contributed by atoms with van der Waals surface area (Å²) in [5.74, 6) is 0. The minimum absolute atomic E-state index is 0. The Kier molecular flexibility index (Phi) is 11.0. The Morgan fingerprint density at radius 2 is 1.14 bits per heavy atom. The van der Waals surface area contributed by atoms with E-state index in [0.29, 0.717) is 0 Å². The van der Waals surface area contributed by atoms with Crippen molar-refractivity contribution in [3.05, 3.63) is 0 Å². The summed E-state index contributed by atoms with van der Waals surface area (Å²) >= 11 is 0. The van der Waals surface area contributed by atoms with Gasteiger partial charge in [0.05, 0.1) is 0 Å². The largest absolute Gasteiger partial charge is 0.412 e. The summed E-state index contributed by atoms with van der Waals surface area (Å²) in [6.45, 7) is 0. The fourth-order valence-corrected chi connectivity index (χ4v) is 0. The zero-order valence-electron chi connectivity index (χ0n) is 3.12. The third-order valence-corrected chi connectivity index (χ3v) is 0. The molecule has 0 aromatic heterocycles. The van der Waals surface area contributed by atoms with E-state index in [2.05, 4.69) is 0 Å². The quantitative estimate of drug-likeness (QED) is 0.403. The number of hydrogen-bond donors (Lipinski definition) is 2. The van der Waals surface area contributed by atoms with Gasteiger partial charge in [-0.1, -0.05) is 0 Å². The van der Waals surface area contributed by atoms with E-state index in [0.717, 1.165) is 0 Å². The zero-order valence-corrected chi connectivity index (χ0v) is 7.82. The van der Waals surface area contributed by atoms with Crippen LogP contribution in [0.2, 0.25) is 0 Å². The summed E-state index contributed by atoms with van der Waals surface area (Å²) in [4.78, 5) is 0. The SMILES string of the molecule is O.O=S(=O)(O)O.[Pb]. The molecule has 0 saturated carbocycles. The van der Waals surface area contributed by atoms with E-state index < -0.39 is 10.4 Å². The predicted molar refractivity (Wildman–Crippen MR) is 23.5 cm³/mol. The van der Waals surface area contributed by atoms with Crippen molar-refractivity contribution in [1.29, 1.82) is 0 Å². The summed E-state index contributed by atoms with van der Waals surface area (Å²) in [7, 11) is -4.67. The molecule has 0 fully saturated rings. The Balaban J connectivity index is -0.0000000800. The van der Waals surface area contributed by atoms with Crippen LogP contribution in [0, 0.1) is 0 Å². The molecule has 0 aliphatic heterocycles. The molecule has 0 rings (SSSR count). The summed E-state index contributed by atoms with van der Waals surface area (Å²) in [5, 5.41) is 0. The van der Waals surface area contributed by atoms with E-state index in [4.69, 9.17) is 17.5 Å². The average Bonchev–Trinajstić information content (AvgIpc) is 0.722. The molecule has 0 unspecified atom stereocenters. The van der Waals surface area contributed by atoms with Crippen LogP contribution in [-0.2, 0) is 10.4 Å². The van der Waals surface area contributed by atoms with Crippen LogP contribution < -0.4 is 0 Å². The molecule has 4 N–H and O–H groups in total. The van der Waals surface area contributed by atoms with Crippen molar-refractivity contribution < 1.29 is 23.0 Å². The molecule has 0 bridgehead atoms. The molecule has 0 aliphatic rings. The molecule has 4 radical (unpaired) electrons. The van der Waals surface area contributed by atoms with Gasteiger partial charge in [-0.05, 0) is 0 Å². The van der Waals surface area contributed by atoms with Gasteiger partial charge in [0.1, 0.15) is 0 Å². The van der Waals surface area contributed by atoms with Crippen LogP contribution in [0.5, 0.6) is 0 Å². The second-order valence-corrected chi connectivity index (χ2v) is 1.34. The monoisotopic (exact) mass is 324 g/mol. The number of hydrogen-bond acceptors (Lipinski definition) is 2. The minimum atomic E-state index is -4.67. The van der Waals surface area contributed by atoms with Crippen LogP contribution in [0.25, 0.3) is 0 Å². The van der Waals surface area contributed by atoms with E-state index >= 15 is 0 Å². The summed E-state index contributed by atoms with van der Waals surface area (Å²) in [6, 6.07) is 0. The van der Waals surface area contributed by atoms with Gasteiger partial charge in [0.2, 0.25) is 0 Å². The van der Waals surface area contributed by atoms with Crippen LogP contribution in [0.4, 0.5) is 0 Å². The van der Waals surface area contributed by atoms with Gasteiger partial charge in [-0.2, -0.15) is 8.42 Å². The van der Waals surface area contributed by atoms with Crippen molar-refractivity contribution in [2.24, 2.45) is 0 Å². The van der Waals surface area contributed by atoms with Gasteiger partial charge in [-0.3, -0.25) is 9.11 Å². The smallest absolute Gasteiger partial charge is 0.394 e. The molecular formula is H4O5PbS. The fraction of sp³-hybridized carbons (Fsp3) is 0. The fourth-order valence-electron chi connectivity index (χ4n) is 0. The van der Waals surface area contributed by atoms with E-state index in [1.807, 2.05) is 0 Å². The van der Waals surface area contributed by atoms with E-state index in [1.54, 1.807) is 0 Å². The Morgan fingerprint density at radius 3 is 1.14 bits per heavy atom. The summed E-state index contributed by atoms with van der Waals surface area (Å²) in [5.41, 5.74) is 0. The second-order valence-electron chi connectivity index (χ2n) is 0.448. The molecule has 0 spiro atoms. The van der Waals surface area contributed by atoms with Crippen molar-refractivity contribution in [2.75, 3.05) is 0 Å². The molecule has 5 nitrogen and oxygen atoms in total. The Labute approximate surface area is 60.8 Å². The van der Waals surface area contributed by atoms with Crippen LogP contribution in [0.3, 0.4) is 0 Å². The molecular weight excluding hydrogens is 319 g/mol. The number of rotatable bonds is 0. The first-order chi connectivity index (χ1) is 2.00. The van der Waals surface area contributed by atoms with Crippen molar-refractivity contribution >= 4 is 37.7 Å². The zero-order chi connectivity index (χ0) is 4.50. The molecule has 44 valence electrons. The third-order valence-electron chi connectivity index (χ3n) is 0. The van der Waals surface area contributed by atoms with Crippen LogP contribution >= 0.6 is 0 Å². The summed E-state index contributed by atoms with van der Waals surface area (Å²) < 4.78 is 31.6. The van der Waals surface area contributed by atoms with Gasteiger partial charge in [-0.15, -0.1) is 0 Å². The normalized spacial score (nSPS) is 8.29. The van der Waals surface area contributed by atoms with Gasteiger partial charge < -0.3 is 5.48 Å². The Hall–Kier alpha value is 0.752. The topological polar surface area (TPSA) is 106 Å².